The minimum absolute atomic E-state index is 0.0436. The molecule has 10 heteroatoms. The van der Waals surface area contributed by atoms with Crippen molar-refractivity contribution < 1.29 is 26.8 Å². The molecule has 0 heterocycles. The Labute approximate surface area is 228 Å². The van der Waals surface area contributed by atoms with Gasteiger partial charge in [-0.1, -0.05) is 36.8 Å². The highest BCUT2D eigenvalue weighted by Crippen LogP contribution is 2.25. The van der Waals surface area contributed by atoms with Crippen LogP contribution < -0.4 is 9.62 Å². The normalized spacial score (nSPS) is 12.9. The fourth-order valence-corrected chi connectivity index (χ4v) is 5.22. The molecule has 0 bridgehead atoms. The summed E-state index contributed by atoms with van der Waals surface area (Å²) >= 11 is 0. The fourth-order valence-electron chi connectivity index (χ4n) is 3.81. The van der Waals surface area contributed by atoms with E-state index in [1.807, 2.05) is 20.8 Å². The number of aryl methyl sites for hydroxylation is 1. The first-order valence-electron chi connectivity index (χ1n) is 12.6. The van der Waals surface area contributed by atoms with Gasteiger partial charge in [-0.2, -0.15) is 0 Å². The summed E-state index contributed by atoms with van der Waals surface area (Å²) in [5, 5.41) is 2.85. The number of hydrogen-bond acceptors (Lipinski definition) is 4. The number of nitrogens with one attached hydrogen (secondary N) is 1. The van der Waals surface area contributed by atoms with Crippen molar-refractivity contribution in [2.24, 2.45) is 0 Å². The second-order valence-corrected chi connectivity index (χ2v) is 11.3. The van der Waals surface area contributed by atoms with E-state index < -0.39 is 46.1 Å². The summed E-state index contributed by atoms with van der Waals surface area (Å²) in [5.41, 5.74) is 1.50. The van der Waals surface area contributed by atoms with Crippen molar-refractivity contribution in [3.63, 3.8) is 0 Å². The quantitative estimate of drug-likeness (QED) is 0.367. The minimum Gasteiger partial charge on any atom is -0.352 e. The van der Waals surface area contributed by atoms with Crippen LogP contribution >= 0.6 is 0 Å². The number of anilines is 1. The van der Waals surface area contributed by atoms with Crippen LogP contribution in [-0.2, 0) is 26.2 Å². The van der Waals surface area contributed by atoms with E-state index in [1.165, 1.54) is 53.4 Å². The molecule has 208 valence electrons. The summed E-state index contributed by atoms with van der Waals surface area (Å²) in [4.78, 5) is 28.0. The van der Waals surface area contributed by atoms with Gasteiger partial charge in [0.15, 0.2) is 0 Å². The third-order valence-electron chi connectivity index (χ3n) is 6.44. The van der Waals surface area contributed by atoms with Gasteiger partial charge in [0.05, 0.1) is 10.6 Å². The topological polar surface area (TPSA) is 86.8 Å². The molecule has 7 nitrogen and oxygen atoms in total. The molecule has 0 aromatic heterocycles. The van der Waals surface area contributed by atoms with Crippen LogP contribution in [0.5, 0.6) is 0 Å². The molecule has 0 spiro atoms. The molecule has 0 aliphatic rings. The average Bonchev–Trinajstić information content (AvgIpc) is 2.91. The van der Waals surface area contributed by atoms with Crippen LogP contribution in [0.4, 0.5) is 14.5 Å². The SMILES string of the molecule is CC[C@H](C)NC(=O)[C@H](C)N(Cc1ccc(F)cc1)C(=O)CN(c1ccc(F)cc1)S(=O)(=O)c1ccc(C)cc1. The van der Waals surface area contributed by atoms with E-state index in [1.54, 1.807) is 19.1 Å². The Morgan fingerprint density at radius 3 is 1.95 bits per heavy atom. The number of halogens is 2. The molecule has 39 heavy (non-hydrogen) atoms. The number of nitrogens with zero attached hydrogens (tertiary/aromatic N) is 2. The highest BCUT2D eigenvalue weighted by atomic mass is 32.2. The van der Waals surface area contributed by atoms with Gasteiger partial charge in [0.25, 0.3) is 10.0 Å². The Kier molecular flexibility index (Phi) is 9.80. The van der Waals surface area contributed by atoms with Crippen molar-refractivity contribution >= 4 is 27.5 Å². The summed E-state index contributed by atoms with van der Waals surface area (Å²) in [6, 6.07) is 15.3. The van der Waals surface area contributed by atoms with Gasteiger partial charge >= 0.3 is 0 Å². The zero-order chi connectivity index (χ0) is 28.7. The van der Waals surface area contributed by atoms with Crippen LogP contribution in [0.3, 0.4) is 0 Å². The van der Waals surface area contributed by atoms with Crippen molar-refractivity contribution in [3.8, 4) is 0 Å². The molecule has 2 atom stereocenters. The number of sulfonamides is 1. The highest BCUT2D eigenvalue weighted by Gasteiger charge is 2.32. The first kappa shape index (κ1) is 29.8. The molecule has 0 saturated heterocycles. The molecule has 0 unspecified atom stereocenters. The van der Waals surface area contributed by atoms with Crippen molar-refractivity contribution in [1.29, 1.82) is 0 Å². The van der Waals surface area contributed by atoms with E-state index in [2.05, 4.69) is 5.32 Å². The molecule has 3 rings (SSSR count). The molecule has 2 amide bonds. The third-order valence-corrected chi connectivity index (χ3v) is 8.23. The predicted octanol–water partition coefficient (Wildman–Crippen LogP) is 4.80. The largest absolute Gasteiger partial charge is 0.352 e. The van der Waals surface area contributed by atoms with E-state index in [0.29, 0.717) is 12.0 Å². The predicted molar refractivity (Wildman–Crippen MR) is 146 cm³/mol. The van der Waals surface area contributed by atoms with Gasteiger partial charge in [-0.3, -0.25) is 13.9 Å². The lowest BCUT2D eigenvalue weighted by molar-refractivity contribution is -0.139. The van der Waals surface area contributed by atoms with Crippen LogP contribution in [0.1, 0.15) is 38.3 Å². The second-order valence-electron chi connectivity index (χ2n) is 9.44. The molecule has 0 aliphatic heterocycles. The van der Waals surface area contributed by atoms with E-state index in [0.717, 1.165) is 22.0 Å². The Bertz CT molecular complexity index is 1380. The lowest BCUT2D eigenvalue weighted by atomic mass is 10.1. The maximum Gasteiger partial charge on any atom is 0.264 e. The molecular weight excluding hydrogens is 524 g/mol. The van der Waals surface area contributed by atoms with Gasteiger partial charge < -0.3 is 10.2 Å². The van der Waals surface area contributed by atoms with Crippen LogP contribution in [0.2, 0.25) is 0 Å². The minimum atomic E-state index is -4.25. The van der Waals surface area contributed by atoms with Gasteiger partial charge in [-0.15, -0.1) is 0 Å². The van der Waals surface area contributed by atoms with E-state index in [9.17, 15) is 26.8 Å². The second kappa shape index (κ2) is 12.8. The zero-order valence-corrected chi connectivity index (χ0v) is 23.2. The molecular formula is C29H33F2N3O4S. The van der Waals surface area contributed by atoms with E-state index in [4.69, 9.17) is 0 Å². The van der Waals surface area contributed by atoms with Crippen molar-refractivity contribution in [2.75, 3.05) is 10.8 Å². The number of benzene rings is 3. The van der Waals surface area contributed by atoms with Crippen LogP contribution in [0, 0.1) is 18.6 Å². The number of carbonyl (C=O) groups excluding carboxylic acids is 2. The Morgan fingerprint density at radius 2 is 1.41 bits per heavy atom. The molecule has 0 radical (unpaired) electrons. The summed E-state index contributed by atoms with van der Waals surface area (Å²) in [5.74, 6) is -2.09. The lowest BCUT2D eigenvalue weighted by Gasteiger charge is -2.32. The Morgan fingerprint density at radius 1 is 0.872 bits per heavy atom. The summed E-state index contributed by atoms with van der Waals surface area (Å²) in [6.07, 6.45) is 0.678. The van der Waals surface area contributed by atoms with Gasteiger partial charge in [-0.25, -0.2) is 17.2 Å². The molecule has 3 aromatic rings. The van der Waals surface area contributed by atoms with Crippen molar-refractivity contribution in [1.82, 2.24) is 10.2 Å². The van der Waals surface area contributed by atoms with Crippen molar-refractivity contribution in [2.45, 2.75) is 57.6 Å². The fraction of sp³-hybridized carbons (Fsp3) is 0.310. The average molecular weight is 558 g/mol. The molecule has 1 N–H and O–H groups in total. The van der Waals surface area contributed by atoms with Crippen LogP contribution in [-0.4, -0.2) is 43.8 Å². The molecule has 0 aliphatic carbocycles. The summed E-state index contributed by atoms with van der Waals surface area (Å²) in [7, 11) is -4.25. The smallest absolute Gasteiger partial charge is 0.264 e. The summed E-state index contributed by atoms with van der Waals surface area (Å²) in [6.45, 7) is 6.40. The Hall–Kier alpha value is -3.79. The molecule has 0 saturated carbocycles. The van der Waals surface area contributed by atoms with E-state index in [-0.39, 0.29) is 23.2 Å². The maximum atomic E-state index is 13.8. The number of hydrogen-bond donors (Lipinski definition) is 1. The van der Waals surface area contributed by atoms with Gasteiger partial charge in [0.2, 0.25) is 11.8 Å². The first-order chi connectivity index (χ1) is 18.4. The third kappa shape index (κ3) is 7.63. The molecule has 0 fully saturated rings. The van der Waals surface area contributed by atoms with E-state index >= 15 is 0 Å². The van der Waals surface area contributed by atoms with Crippen LogP contribution in [0.25, 0.3) is 0 Å². The number of amides is 2. The Balaban J connectivity index is 2.01. The number of carbonyl (C=O) groups is 2. The maximum absolute atomic E-state index is 13.8. The standard InChI is InChI=1S/C29H33F2N3O4S/c1-5-21(3)32-29(36)22(4)33(18-23-8-10-24(30)11-9-23)28(35)19-34(26-14-12-25(31)13-15-26)39(37,38)27-16-6-20(2)7-17-27/h6-17,21-22H,5,18-19H2,1-4H3,(H,32,36)/t21-,22-/m0/s1. The first-order valence-corrected chi connectivity index (χ1v) is 14.1. The highest BCUT2D eigenvalue weighted by molar-refractivity contribution is 7.92. The summed E-state index contributed by atoms with van der Waals surface area (Å²) < 4.78 is 55.5. The monoisotopic (exact) mass is 557 g/mol. The van der Waals surface area contributed by atoms with Gasteiger partial charge in [0.1, 0.15) is 24.2 Å². The number of rotatable bonds is 11. The molecule has 3 aromatic carbocycles. The zero-order valence-electron chi connectivity index (χ0n) is 22.4. The van der Waals surface area contributed by atoms with Gasteiger partial charge in [0, 0.05) is 12.6 Å². The lowest BCUT2D eigenvalue weighted by Crippen LogP contribution is -2.52. The van der Waals surface area contributed by atoms with Crippen LogP contribution in [0.15, 0.2) is 77.7 Å². The van der Waals surface area contributed by atoms with Gasteiger partial charge in [-0.05, 0) is 81.3 Å². The van der Waals surface area contributed by atoms with Crippen molar-refractivity contribution in [3.05, 3.63) is 95.6 Å².